The van der Waals surface area contributed by atoms with Gasteiger partial charge < -0.3 is 31.3 Å². The number of hydrogen-bond acceptors (Lipinski definition) is 10. The van der Waals surface area contributed by atoms with Crippen molar-refractivity contribution in [3.63, 3.8) is 0 Å². The van der Waals surface area contributed by atoms with Crippen molar-refractivity contribution >= 4 is 58.6 Å². The molecule has 3 aliphatic carbocycles. The highest BCUT2D eigenvalue weighted by molar-refractivity contribution is 6.07. The van der Waals surface area contributed by atoms with Gasteiger partial charge in [-0.1, -0.05) is 61.5 Å². The normalized spacial score (nSPS) is 21.8. The summed E-state index contributed by atoms with van der Waals surface area (Å²) in [5.74, 6) is 1.03. The maximum absolute atomic E-state index is 13.8. The van der Waals surface area contributed by atoms with Crippen LogP contribution >= 0.6 is 0 Å². The third-order valence-corrected chi connectivity index (χ3v) is 15.2. The zero-order chi connectivity index (χ0) is 47.9. The van der Waals surface area contributed by atoms with Crippen LogP contribution in [0, 0.1) is 11.8 Å². The minimum atomic E-state index is -0.855. The van der Waals surface area contributed by atoms with Gasteiger partial charge in [-0.25, -0.2) is 19.6 Å². The highest BCUT2D eigenvalue weighted by atomic mass is 16.6. The van der Waals surface area contributed by atoms with Crippen LogP contribution in [0.1, 0.15) is 53.1 Å². The highest BCUT2D eigenvalue weighted by Gasteiger charge is 2.52. The van der Waals surface area contributed by atoms with E-state index in [1.807, 2.05) is 97.9 Å². The maximum Gasteiger partial charge on any atom is 0.410 e. The molecule has 3 aromatic heterocycles. The Labute approximate surface area is 402 Å². The number of hydrogen-bond donors (Lipinski definition) is 5. The maximum atomic E-state index is 13.8. The lowest BCUT2D eigenvalue weighted by Crippen LogP contribution is -2.44. The molecule has 0 radical (unpaired) electrons. The highest BCUT2D eigenvalue weighted by Crippen LogP contribution is 2.49. The number of rotatable bonds is 13. The van der Waals surface area contributed by atoms with Gasteiger partial charge >= 0.3 is 11.8 Å². The smallest absolute Gasteiger partial charge is 0.410 e. The Hall–Kier alpha value is -8.08. The summed E-state index contributed by atoms with van der Waals surface area (Å²) >= 11 is 0. The predicted molar refractivity (Wildman–Crippen MR) is 260 cm³/mol. The van der Waals surface area contributed by atoms with E-state index in [0.29, 0.717) is 73.5 Å². The van der Waals surface area contributed by atoms with Gasteiger partial charge in [0.05, 0.1) is 22.6 Å². The molecule has 6 aromatic rings. The Morgan fingerprint density at radius 1 is 0.757 bits per heavy atom. The number of fused-ring (bicyclic) bond motifs is 6. The first-order valence-electron chi connectivity index (χ1n) is 23.9. The number of cyclic esters (lactones) is 1. The number of ether oxygens (including phenoxy) is 1. The number of imidazole rings is 1. The van der Waals surface area contributed by atoms with E-state index >= 15 is 0 Å². The van der Waals surface area contributed by atoms with Gasteiger partial charge in [0.25, 0.3) is 0 Å². The zero-order valence-electron chi connectivity index (χ0n) is 38.4. The quantitative estimate of drug-likeness (QED) is 0.0963. The Balaban J connectivity index is 0.662. The fourth-order valence-electron chi connectivity index (χ4n) is 11.3. The number of amides is 5. The lowest BCUT2D eigenvalue weighted by Gasteiger charge is -2.26. The Morgan fingerprint density at radius 3 is 2.09 bits per heavy atom. The molecule has 3 aliphatic heterocycles. The SMILES string of the molecule is CC(CNc1ccc2c(n1)NC(=O)C21Cc2ccc(NC(=O)Cn3cc(-c4ccccc4)n(CC4CC4)c3=O)cc2C1)[C@@H]1COC(=O)N1CC(=O)Nc1ccc2c(c1)CC1(C2)C(=O)Nc2ncccc21. The Kier molecular flexibility index (Phi) is 10.2. The van der Waals surface area contributed by atoms with Gasteiger partial charge in [0.15, 0.2) is 0 Å². The molecule has 3 aromatic carbocycles. The second-order valence-electron chi connectivity index (χ2n) is 19.8. The molecule has 0 bridgehead atoms. The first kappa shape index (κ1) is 43.2. The summed E-state index contributed by atoms with van der Waals surface area (Å²) in [5.41, 5.74) is 6.76. The van der Waals surface area contributed by atoms with Crippen molar-refractivity contribution in [1.82, 2.24) is 24.0 Å². The second kappa shape index (κ2) is 16.6. The molecule has 4 atom stereocenters. The van der Waals surface area contributed by atoms with Gasteiger partial charge in [0, 0.05) is 48.0 Å². The first-order valence-corrected chi connectivity index (χ1v) is 23.9. The van der Waals surface area contributed by atoms with E-state index in [1.54, 1.807) is 17.0 Å². The van der Waals surface area contributed by atoms with Crippen LogP contribution in [-0.4, -0.2) is 79.5 Å². The standard InChI is InChI=1S/C53H50N10O7/c1-30(42-29-70-51(69)63(42)28-45(65)57-38-14-12-33-20-52(22-35(33)19-38)39-8-5-17-54-46(39)59-48(52)66)24-55-43-16-15-40-47(58-43)60-49(67)53(40)21-34-11-13-37(18-36(34)23-53)56-44(64)27-61-26-41(32-6-3-2-4-7-32)62(50(61)68)25-31-9-10-31/h2-8,11-19,26,30-31,42H,9-10,20-25,27-29H2,1H3,(H,56,64)(H,57,65)(H,54,59,66)(H2,55,58,60,67)/t30?,42-,52?,53?/m0/s1. The van der Waals surface area contributed by atoms with Gasteiger partial charge in [0.2, 0.25) is 23.6 Å². The molecule has 17 heteroatoms. The van der Waals surface area contributed by atoms with E-state index in [2.05, 4.69) is 31.6 Å². The summed E-state index contributed by atoms with van der Waals surface area (Å²) in [6, 6.07) is 28.3. The number of anilines is 5. The lowest BCUT2D eigenvalue weighted by molar-refractivity contribution is -0.121. The first-order chi connectivity index (χ1) is 33.9. The van der Waals surface area contributed by atoms with Crippen molar-refractivity contribution in [2.75, 3.05) is 46.3 Å². The number of pyridine rings is 2. The summed E-state index contributed by atoms with van der Waals surface area (Å²) in [7, 11) is 0. The van der Waals surface area contributed by atoms with Crippen molar-refractivity contribution < 1.29 is 28.7 Å². The Morgan fingerprint density at radius 2 is 1.40 bits per heavy atom. The number of aromatic nitrogens is 4. The third-order valence-electron chi connectivity index (χ3n) is 15.2. The van der Waals surface area contributed by atoms with Crippen LogP contribution < -0.4 is 32.3 Å². The topological polar surface area (TPSA) is 211 Å². The molecule has 17 nitrogen and oxygen atoms in total. The van der Waals surface area contributed by atoms with Gasteiger partial charge in [-0.3, -0.25) is 33.2 Å². The number of benzene rings is 3. The van der Waals surface area contributed by atoms with Crippen molar-refractivity contribution in [2.45, 2.75) is 75.4 Å². The fraction of sp³-hybridized carbons (Fsp3) is 0.321. The third kappa shape index (κ3) is 7.47. The van der Waals surface area contributed by atoms with Crippen molar-refractivity contribution in [3.05, 3.63) is 147 Å². The molecule has 12 rings (SSSR count). The van der Waals surface area contributed by atoms with Gasteiger partial charge in [-0.05, 0) is 115 Å². The summed E-state index contributed by atoms with van der Waals surface area (Å²) in [5, 5.41) is 15.2. The summed E-state index contributed by atoms with van der Waals surface area (Å²) in [6.45, 7) is 2.79. The minimum Gasteiger partial charge on any atom is -0.447 e. The van der Waals surface area contributed by atoms with Gasteiger partial charge in [-0.15, -0.1) is 0 Å². The van der Waals surface area contributed by atoms with Crippen LogP contribution in [-0.2, 0) is 73.5 Å². The largest absolute Gasteiger partial charge is 0.447 e. The molecular formula is C53H50N10O7. The molecule has 5 amide bonds. The van der Waals surface area contributed by atoms with Crippen LogP contribution in [0.3, 0.4) is 0 Å². The van der Waals surface area contributed by atoms with Crippen molar-refractivity contribution in [1.29, 1.82) is 0 Å². The lowest BCUT2D eigenvalue weighted by atomic mass is 9.79. The van der Waals surface area contributed by atoms with E-state index in [9.17, 15) is 28.8 Å². The number of carbonyl (C=O) groups excluding carboxylic acids is 5. The van der Waals surface area contributed by atoms with Gasteiger partial charge in [0.1, 0.15) is 37.1 Å². The average molecular weight is 939 g/mol. The van der Waals surface area contributed by atoms with E-state index < -0.39 is 23.0 Å². The second-order valence-corrected chi connectivity index (χ2v) is 19.8. The molecule has 2 spiro atoms. The van der Waals surface area contributed by atoms with Crippen LogP contribution in [0.15, 0.2) is 108 Å². The van der Waals surface area contributed by atoms with Gasteiger partial charge in [-0.2, -0.15) is 0 Å². The summed E-state index contributed by atoms with van der Waals surface area (Å²) in [6.07, 6.45) is 7.00. The average Bonchev–Trinajstić information content (AvgIpc) is 3.62. The molecule has 2 fully saturated rings. The number of nitrogens with zero attached hydrogens (tertiary/aromatic N) is 5. The molecule has 3 unspecified atom stereocenters. The Bertz CT molecular complexity index is 3250. The molecule has 354 valence electrons. The number of nitrogens with one attached hydrogen (secondary N) is 5. The summed E-state index contributed by atoms with van der Waals surface area (Å²) < 4.78 is 8.69. The summed E-state index contributed by atoms with van der Waals surface area (Å²) in [4.78, 5) is 90.9. The van der Waals surface area contributed by atoms with E-state index in [-0.39, 0.29) is 54.9 Å². The van der Waals surface area contributed by atoms with Crippen LogP contribution in [0.25, 0.3) is 11.3 Å². The molecule has 1 saturated carbocycles. The minimum absolute atomic E-state index is 0.0746. The molecule has 6 aliphatic rings. The molecule has 5 N–H and O–H groups in total. The number of carbonyl (C=O) groups is 5. The monoisotopic (exact) mass is 938 g/mol. The van der Waals surface area contributed by atoms with Crippen LogP contribution in [0.5, 0.6) is 0 Å². The predicted octanol–water partition coefficient (Wildman–Crippen LogP) is 5.64. The molecule has 6 heterocycles. The van der Waals surface area contributed by atoms with E-state index in [1.165, 1.54) is 9.47 Å². The molecular weight excluding hydrogens is 889 g/mol. The van der Waals surface area contributed by atoms with E-state index in [0.717, 1.165) is 57.5 Å². The van der Waals surface area contributed by atoms with Crippen molar-refractivity contribution in [3.8, 4) is 11.3 Å². The van der Waals surface area contributed by atoms with Crippen LogP contribution in [0.2, 0.25) is 0 Å². The van der Waals surface area contributed by atoms with E-state index in [4.69, 9.17) is 9.72 Å². The molecule has 1 saturated heterocycles. The van der Waals surface area contributed by atoms with Crippen LogP contribution in [0.4, 0.5) is 33.6 Å². The fourth-order valence-corrected chi connectivity index (χ4v) is 11.3. The van der Waals surface area contributed by atoms with Crippen molar-refractivity contribution in [2.24, 2.45) is 11.8 Å². The zero-order valence-corrected chi connectivity index (χ0v) is 38.4. The molecule has 70 heavy (non-hydrogen) atoms.